The molecule has 1 saturated heterocycles. The Labute approximate surface area is 143 Å². The van der Waals surface area contributed by atoms with Gasteiger partial charge >= 0.3 is 6.03 Å². The van der Waals surface area contributed by atoms with Crippen LogP contribution in [-0.2, 0) is 10.2 Å². The van der Waals surface area contributed by atoms with Crippen LogP contribution >= 0.6 is 0 Å². The topological polar surface area (TPSA) is 61.4 Å². The molecule has 1 heterocycles. The predicted octanol–water partition coefficient (Wildman–Crippen LogP) is 2.72. The van der Waals surface area contributed by atoms with Crippen molar-refractivity contribution in [2.24, 2.45) is 0 Å². The first-order valence-corrected chi connectivity index (χ1v) is 8.79. The molecule has 1 aromatic carbocycles. The molecule has 2 atom stereocenters. The van der Waals surface area contributed by atoms with Crippen LogP contribution in [0.3, 0.4) is 0 Å². The Bertz CT molecular complexity index is 641. The third-order valence-corrected chi connectivity index (χ3v) is 5.40. The van der Waals surface area contributed by atoms with Gasteiger partial charge < -0.3 is 15.5 Å². The Morgan fingerprint density at radius 2 is 1.92 bits per heavy atom. The number of benzene rings is 1. The molecule has 1 aliphatic carbocycles. The summed E-state index contributed by atoms with van der Waals surface area (Å²) in [5.41, 5.74) is 2.70. The average Bonchev–Trinajstić information content (AvgIpc) is 2.99. The van der Waals surface area contributed by atoms with Crippen LogP contribution in [-0.4, -0.2) is 36.0 Å². The number of nitrogens with one attached hydrogen (secondary N) is 2. The molecule has 1 aromatic rings. The Morgan fingerprint density at radius 1 is 1.17 bits per heavy atom. The van der Waals surface area contributed by atoms with E-state index in [1.165, 1.54) is 11.1 Å². The second-order valence-corrected chi connectivity index (χ2v) is 7.63. The lowest BCUT2D eigenvalue weighted by Crippen LogP contribution is -2.46. The highest BCUT2D eigenvalue weighted by atomic mass is 16.2. The van der Waals surface area contributed by atoms with Gasteiger partial charge in [-0.1, -0.05) is 38.1 Å². The summed E-state index contributed by atoms with van der Waals surface area (Å²) in [6, 6.07) is 8.36. The van der Waals surface area contributed by atoms with Gasteiger partial charge in [-0.25, -0.2) is 4.79 Å². The molecule has 0 spiro atoms. The molecule has 130 valence electrons. The van der Waals surface area contributed by atoms with Gasteiger partial charge in [0.2, 0.25) is 5.91 Å². The van der Waals surface area contributed by atoms with E-state index in [9.17, 15) is 9.59 Å². The summed E-state index contributed by atoms with van der Waals surface area (Å²) in [6.45, 7) is 7.43. The minimum Gasteiger partial charge on any atom is -0.341 e. The van der Waals surface area contributed by atoms with Crippen molar-refractivity contribution in [2.75, 3.05) is 13.1 Å². The highest BCUT2D eigenvalue weighted by Crippen LogP contribution is 2.41. The van der Waals surface area contributed by atoms with E-state index in [0.717, 1.165) is 25.8 Å². The van der Waals surface area contributed by atoms with Crippen LogP contribution in [0, 0.1) is 0 Å². The number of fused-ring (bicyclic) bond motifs is 1. The van der Waals surface area contributed by atoms with Gasteiger partial charge in [0.05, 0.1) is 6.04 Å². The van der Waals surface area contributed by atoms with Gasteiger partial charge in [-0.3, -0.25) is 4.79 Å². The van der Waals surface area contributed by atoms with Gasteiger partial charge in [-0.15, -0.1) is 0 Å². The van der Waals surface area contributed by atoms with E-state index < -0.39 is 0 Å². The van der Waals surface area contributed by atoms with E-state index >= 15 is 0 Å². The first-order valence-electron chi connectivity index (χ1n) is 8.79. The molecule has 0 aromatic heterocycles. The lowest BCUT2D eigenvalue weighted by atomic mass is 9.71. The minimum atomic E-state index is -0.134. The number of carbonyl (C=O) groups is 2. The van der Waals surface area contributed by atoms with Crippen molar-refractivity contribution in [3.8, 4) is 0 Å². The zero-order valence-corrected chi connectivity index (χ0v) is 14.8. The number of rotatable bonds is 2. The maximum absolute atomic E-state index is 12.4. The smallest absolute Gasteiger partial charge is 0.315 e. The van der Waals surface area contributed by atoms with Crippen molar-refractivity contribution >= 4 is 11.9 Å². The molecule has 3 rings (SSSR count). The molecular weight excluding hydrogens is 302 g/mol. The fraction of sp³-hybridized carbons (Fsp3) is 0.579. The summed E-state index contributed by atoms with van der Waals surface area (Å²) in [6.07, 6.45) is 2.82. The average molecular weight is 329 g/mol. The summed E-state index contributed by atoms with van der Waals surface area (Å²) < 4.78 is 0. The molecule has 0 saturated carbocycles. The van der Waals surface area contributed by atoms with Crippen LogP contribution < -0.4 is 10.6 Å². The fourth-order valence-corrected chi connectivity index (χ4v) is 3.91. The molecule has 1 aliphatic heterocycles. The number of nitrogens with zero attached hydrogens (tertiary/aromatic N) is 1. The highest BCUT2D eigenvalue weighted by Gasteiger charge is 2.33. The zero-order chi connectivity index (χ0) is 17.3. The number of likely N-dealkylation sites (tertiary alicyclic amines) is 1. The summed E-state index contributed by atoms with van der Waals surface area (Å²) in [4.78, 5) is 25.6. The number of amides is 3. The maximum atomic E-state index is 12.4. The highest BCUT2D eigenvalue weighted by molar-refractivity contribution is 5.76. The van der Waals surface area contributed by atoms with E-state index in [4.69, 9.17) is 0 Å². The van der Waals surface area contributed by atoms with Gasteiger partial charge in [-0.2, -0.15) is 0 Å². The third-order valence-electron chi connectivity index (χ3n) is 5.40. The van der Waals surface area contributed by atoms with Gasteiger partial charge in [0.1, 0.15) is 0 Å². The number of hydrogen-bond donors (Lipinski definition) is 2. The van der Waals surface area contributed by atoms with Gasteiger partial charge in [0, 0.05) is 26.1 Å². The lowest BCUT2D eigenvalue weighted by Gasteiger charge is -2.37. The lowest BCUT2D eigenvalue weighted by molar-refractivity contribution is -0.127. The van der Waals surface area contributed by atoms with Gasteiger partial charge in [-0.05, 0) is 35.8 Å². The van der Waals surface area contributed by atoms with E-state index in [1.54, 1.807) is 11.8 Å². The second-order valence-electron chi connectivity index (χ2n) is 7.63. The molecule has 3 amide bonds. The summed E-state index contributed by atoms with van der Waals surface area (Å²) >= 11 is 0. The molecule has 1 fully saturated rings. The molecule has 24 heavy (non-hydrogen) atoms. The zero-order valence-electron chi connectivity index (χ0n) is 14.8. The Hall–Kier alpha value is -2.04. The minimum absolute atomic E-state index is 0.0455. The molecule has 2 N–H and O–H groups in total. The molecule has 5 nitrogen and oxygen atoms in total. The molecule has 5 heteroatoms. The van der Waals surface area contributed by atoms with Crippen LogP contribution in [0.2, 0.25) is 0 Å². The van der Waals surface area contributed by atoms with Crippen LogP contribution in [0.5, 0.6) is 0 Å². The molecular formula is C19H27N3O2. The van der Waals surface area contributed by atoms with E-state index in [-0.39, 0.29) is 29.4 Å². The predicted molar refractivity (Wildman–Crippen MR) is 93.8 cm³/mol. The number of urea groups is 1. The first-order chi connectivity index (χ1) is 11.4. The fourth-order valence-electron chi connectivity index (χ4n) is 3.91. The third kappa shape index (κ3) is 3.40. The Balaban J connectivity index is 1.62. The Kier molecular flexibility index (Phi) is 4.52. The van der Waals surface area contributed by atoms with Gasteiger partial charge in [0.15, 0.2) is 0 Å². The van der Waals surface area contributed by atoms with Crippen molar-refractivity contribution in [2.45, 2.75) is 57.5 Å². The van der Waals surface area contributed by atoms with Crippen molar-refractivity contribution in [3.63, 3.8) is 0 Å². The summed E-state index contributed by atoms with van der Waals surface area (Å²) in [5.74, 6) is 0.0724. The first kappa shape index (κ1) is 16.8. The standard InChI is InChI=1S/C19H27N3O2/c1-13(23)22-11-9-14(12-22)20-18(24)21-17-8-10-19(2,3)16-7-5-4-6-15(16)17/h4-7,14,17H,8-12H2,1-3H3,(H2,20,21,24)/t14-,17+/m1/s1. The molecule has 2 aliphatic rings. The van der Waals surface area contributed by atoms with Crippen LogP contribution in [0.15, 0.2) is 24.3 Å². The second kappa shape index (κ2) is 6.46. The summed E-state index contributed by atoms with van der Waals surface area (Å²) in [7, 11) is 0. The van der Waals surface area contributed by atoms with Crippen molar-refractivity contribution in [3.05, 3.63) is 35.4 Å². The molecule has 0 unspecified atom stereocenters. The van der Waals surface area contributed by atoms with Crippen molar-refractivity contribution in [1.82, 2.24) is 15.5 Å². The van der Waals surface area contributed by atoms with Crippen LogP contribution in [0.25, 0.3) is 0 Å². The van der Waals surface area contributed by atoms with E-state index in [2.05, 4.69) is 42.7 Å². The number of carbonyl (C=O) groups excluding carboxylic acids is 2. The molecule has 0 bridgehead atoms. The Morgan fingerprint density at radius 3 is 2.62 bits per heavy atom. The maximum Gasteiger partial charge on any atom is 0.315 e. The number of hydrogen-bond acceptors (Lipinski definition) is 2. The quantitative estimate of drug-likeness (QED) is 0.876. The van der Waals surface area contributed by atoms with E-state index in [1.807, 2.05) is 6.07 Å². The largest absolute Gasteiger partial charge is 0.341 e. The summed E-state index contributed by atoms with van der Waals surface area (Å²) in [5, 5.41) is 6.15. The van der Waals surface area contributed by atoms with Crippen LogP contribution in [0.4, 0.5) is 4.79 Å². The van der Waals surface area contributed by atoms with Crippen molar-refractivity contribution < 1.29 is 9.59 Å². The normalized spacial score (nSPS) is 25.0. The monoisotopic (exact) mass is 329 g/mol. The van der Waals surface area contributed by atoms with Crippen LogP contribution in [0.1, 0.15) is 57.2 Å². The van der Waals surface area contributed by atoms with E-state index in [0.29, 0.717) is 6.54 Å². The van der Waals surface area contributed by atoms with Gasteiger partial charge in [0.25, 0.3) is 0 Å². The van der Waals surface area contributed by atoms with Crippen molar-refractivity contribution in [1.29, 1.82) is 0 Å². The SMILES string of the molecule is CC(=O)N1CC[C@@H](NC(=O)N[C@H]2CCC(C)(C)c3ccccc32)C1. The molecule has 0 radical (unpaired) electrons.